The number of carbonyl (C=O) groups excluding carboxylic acids is 2. The first-order chi connectivity index (χ1) is 16.6. The van der Waals surface area contributed by atoms with Crippen molar-refractivity contribution in [2.24, 2.45) is 11.8 Å². The summed E-state index contributed by atoms with van der Waals surface area (Å²) in [6.07, 6.45) is 3.00. The minimum atomic E-state index is -0.653. The van der Waals surface area contributed by atoms with Crippen LogP contribution in [0.4, 0.5) is 15.4 Å². The Morgan fingerprint density at radius 1 is 1.03 bits per heavy atom. The van der Waals surface area contributed by atoms with E-state index in [1.807, 2.05) is 60.7 Å². The van der Waals surface area contributed by atoms with E-state index in [1.165, 1.54) is 0 Å². The zero-order chi connectivity index (χ0) is 26.6. The summed E-state index contributed by atoms with van der Waals surface area (Å²) in [7, 11) is 0. The number of nitrogens with zero attached hydrogens (tertiary/aromatic N) is 5. The molecule has 2 unspecified atom stereocenters. The summed E-state index contributed by atoms with van der Waals surface area (Å²) in [5.74, 6) is 1.11. The third-order valence-corrected chi connectivity index (χ3v) is 6.80. The summed E-state index contributed by atoms with van der Waals surface area (Å²) in [5.41, 5.74) is 1.40. The lowest BCUT2D eigenvalue weighted by Gasteiger charge is -2.43. The zero-order valence-electron chi connectivity index (χ0n) is 23.2. The lowest BCUT2D eigenvalue weighted by Crippen LogP contribution is -2.57. The number of likely N-dealkylation sites (tertiary alicyclic amines) is 1. The molecular weight excluding hydrogens is 458 g/mol. The molecule has 2 bridgehead atoms. The molecule has 2 fully saturated rings. The summed E-state index contributed by atoms with van der Waals surface area (Å²) in [6.45, 7) is 18.5. The van der Waals surface area contributed by atoms with Gasteiger partial charge in [-0.05, 0) is 79.1 Å². The van der Waals surface area contributed by atoms with Gasteiger partial charge in [0.25, 0.3) is 0 Å². The van der Waals surface area contributed by atoms with Crippen molar-refractivity contribution in [2.75, 3.05) is 18.0 Å². The zero-order valence-corrected chi connectivity index (χ0v) is 23.2. The maximum Gasteiger partial charge on any atom is 0.416 e. The molecule has 1 saturated heterocycles. The van der Waals surface area contributed by atoms with E-state index in [0.717, 1.165) is 29.7 Å². The largest absolute Gasteiger partial charge is 0.444 e. The monoisotopic (exact) mass is 499 g/mol. The molecule has 3 heterocycles. The summed E-state index contributed by atoms with van der Waals surface area (Å²) in [6, 6.07) is 1.79. The number of carbonyl (C=O) groups is 2. The highest BCUT2D eigenvalue weighted by Gasteiger charge is 2.50. The summed E-state index contributed by atoms with van der Waals surface area (Å²) >= 11 is 0. The maximum absolute atomic E-state index is 13.8. The molecule has 2 aliphatic rings. The van der Waals surface area contributed by atoms with Crippen LogP contribution in [-0.4, -0.2) is 62.0 Å². The Labute approximate surface area is 214 Å². The van der Waals surface area contributed by atoms with Gasteiger partial charge in [-0.3, -0.25) is 4.90 Å². The highest BCUT2D eigenvalue weighted by atomic mass is 16.6. The van der Waals surface area contributed by atoms with Gasteiger partial charge in [0.1, 0.15) is 17.0 Å². The van der Waals surface area contributed by atoms with Crippen LogP contribution in [0, 0.1) is 18.8 Å². The maximum atomic E-state index is 13.8. The van der Waals surface area contributed by atoms with Gasteiger partial charge in [0.15, 0.2) is 5.65 Å². The first-order valence-electron chi connectivity index (χ1n) is 13.0. The van der Waals surface area contributed by atoms with Crippen molar-refractivity contribution in [2.45, 2.75) is 98.3 Å². The van der Waals surface area contributed by atoms with Gasteiger partial charge in [0.05, 0.1) is 12.2 Å². The standard InChI is InChI=1S/C27H41N5O4/c1-16(2)20-13-28-32-21(12-17(3)29-23(20)32)31(25(34)36-27(7,8)9)22-18-10-11-19(22)15-30(14-18)24(33)35-26(4,5)6/h12-13,16,18-19,22H,10-11,14-15H2,1-9H3. The normalized spacial score (nSPS) is 22.3. The van der Waals surface area contributed by atoms with E-state index in [-0.39, 0.29) is 29.9 Å². The van der Waals surface area contributed by atoms with Crippen LogP contribution < -0.4 is 4.90 Å². The smallest absolute Gasteiger partial charge is 0.416 e. The predicted molar refractivity (Wildman–Crippen MR) is 138 cm³/mol. The third kappa shape index (κ3) is 5.30. The molecule has 1 aliphatic carbocycles. The topological polar surface area (TPSA) is 89.3 Å². The molecule has 4 rings (SSSR count). The molecule has 2 atom stereocenters. The molecule has 0 radical (unpaired) electrons. The molecule has 2 amide bonds. The number of rotatable bonds is 3. The molecule has 9 heteroatoms. The van der Waals surface area contributed by atoms with E-state index in [4.69, 9.17) is 14.5 Å². The Kier molecular flexibility index (Phi) is 6.73. The Balaban J connectivity index is 1.75. The van der Waals surface area contributed by atoms with Crippen LogP contribution in [0.3, 0.4) is 0 Å². The molecule has 0 aromatic carbocycles. The summed E-state index contributed by atoms with van der Waals surface area (Å²) in [4.78, 5) is 35.0. The van der Waals surface area contributed by atoms with Crippen molar-refractivity contribution in [1.29, 1.82) is 0 Å². The lowest BCUT2D eigenvalue weighted by atomic mass is 9.91. The third-order valence-electron chi connectivity index (χ3n) is 6.80. The number of fused-ring (bicyclic) bond motifs is 3. The van der Waals surface area contributed by atoms with E-state index in [2.05, 4.69) is 18.9 Å². The van der Waals surface area contributed by atoms with Crippen LogP contribution in [0.1, 0.15) is 85.4 Å². The number of anilines is 1. The molecule has 0 N–H and O–H groups in total. The van der Waals surface area contributed by atoms with Crippen LogP contribution in [-0.2, 0) is 9.47 Å². The minimum Gasteiger partial charge on any atom is -0.444 e. The molecule has 36 heavy (non-hydrogen) atoms. The van der Waals surface area contributed by atoms with Gasteiger partial charge < -0.3 is 14.4 Å². The Morgan fingerprint density at radius 3 is 2.14 bits per heavy atom. The van der Waals surface area contributed by atoms with Gasteiger partial charge in [-0.2, -0.15) is 9.61 Å². The highest BCUT2D eigenvalue weighted by molar-refractivity contribution is 5.88. The predicted octanol–water partition coefficient (Wildman–Crippen LogP) is 5.55. The molecule has 9 nitrogen and oxygen atoms in total. The fraction of sp³-hybridized carbons (Fsp3) is 0.704. The number of hydrogen-bond donors (Lipinski definition) is 0. The molecular formula is C27H41N5O4. The van der Waals surface area contributed by atoms with Crippen molar-refractivity contribution in [3.05, 3.63) is 23.5 Å². The SMILES string of the molecule is Cc1cc(N(C(=O)OC(C)(C)C)C2C3CCC2CN(C(=O)OC(C)(C)C)C3)n2ncc(C(C)C)c2n1. The van der Waals surface area contributed by atoms with Gasteiger partial charge in [0.2, 0.25) is 0 Å². The summed E-state index contributed by atoms with van der Waals surface area (Å²) < 4.78 is 13.4. The molecule has 198 valence electrons. The van der Waals surface area contributed by atoms with E-state index in [0.29, 0.717) is 18.9 Å². The van der Waals surface area contributed by atoms with Crippen LogP contribution >= 0.6 is 0 Å². The molecule has 2 aromatic heterocycles. The quantitative estimate of drug-likeness (QED) is 0.550. The van der Waals surface area contributed by atoms with E-state index in [9.17, 15) is 9.59 Å². The van der Waals surface area contributed by atoms with Gasteiger partial charge in [0, 0.05) is 30.4 Å². The second-order valence-electron chi connectivity index (χ2n) is 12.6. The van der Waals surface area contributed by atoms with Crippen LogP contribution in [0.2, 0.25) is 0 Å². The fourth-order valence-corrected chi connectivity index (χ4v) is 5.43. The van der Waals surface area contributed by atoms with Crippen molar-refractivity contribution < 1.29 is 19.1 Å². The first-order valence-corrected chi connectivity index (χ1v) is 13.0. The molecule has 2 aromatic rings. The number of aryl methyl sites for hydroxylation is 1. The van der Waals surface area contributed by atoms with Gasteiger partial charge in [-0.15, -0.1) is 0 Å². The van der Waals surface area contributed by atoms with E-state index < -0.39 is 17.3 Å². The van der Waals surface area contributed by atoms with Crippen molar-refractivity contribution >= 4 is 23.7 Å². The fourth-order valence-electron chi connectivity index (χ4n) is 5.43. The van der Waals surface area contributed by atoms with Crippen LogP contribution in [0.15, 0.2) is 12.3 Å². The number of hydrogen-bond acceptors (Lipinski definition) is 6. The summed E-state index contributed by atoms with van der Waals surface area (Å²) in [5, 5.41) is 4.65. The van der Waals surface area contributed by atoms with Crippen molar-refractivity contribution in [1.82, 2.24) is 19.5 Å². The highest BCUT2D eigenvalue weighted by Crippen LogP contribution is 2.43. The average Bonchev–Trinajstić information content (AvgIpc) is 3.23. The number of aromatic nitrogens is 3. The first kappa shape index (κ1) is 26.2. The van der Waals surface area contributed by atoms with E-state index >= 15 is 0 Å². The second-order valence-corrected chi connectivity index (χ2v) is 12.6. The molecule has 1 aliphatic heterocycles. The van der Waals surface area contributed by atoms with Gasteiger partial charge in [-0.25, -0.2) is 14.6 Å². The molecule has 1 saturated carbocycles. The Bertz CT molecular complexity index is 1130. The number of amides is 2. The number of ether oxygens (including phenoxy) is 2. The Morgan fingerprint density at radius 2 is 1.61 bits per heavy atom. The van der Waals surface area contributed by atoms with Crippen LogP contribution in [0.5, 0.6) is 0 Å². The van der Waals surface area contributed by atoms with Gasteiger partial charge >= 0.3 is 12.2 Å². The molecule has 0 spiro atoms. The second kappa shape index (κ2) is 9.23. The number of piperidine rings is 1. The van der Waals surface area contributed by atoms with E-state index in [1.54, 1.807) is 14.3 Å². The Hall–Kier alpha value is -2.84. The van der Waals surface area contributed by atoms with Crippen molar-refractivity contribution in [3.8, 4) is 0 Å². The van der Waals surface area contributed by atoms with Gasteiger partial charge in [-0.1, -0.05) is 13.8 Å². The van der Waals surface area contributed by atoms with Crippen LogP contribution in [0.25, 0.3) is 5.65 Å². The van der Waals surface area contributed by atoms with Crippen molar-refractivity contribution in [3.63, 3.8) is 0 Å². The lowest BCUT2D eigenvalue weighted by molar-refractivity contribution is 0.0119. The average molecular weight is 500 g/mol. The minimum absolute atomic E-state index is 0.104.